The normalized spacial score (nSPS) is 11.8. The van der Waals surface area contributed by atoms with Crippen LogP contribution in [0.2, 0.25) is 0 Å². The number of hydrogen-bond acceptors (Lipinski definition) is 4. The second-order valence-electron chi connectivity index (χ2n) is 7.86. The maximum atomic E-state index is 14.1. The smallest absolute Gasteiger partial charge is 0.338 e. The first kappa shape index (κ1) is 23.4. The van der Waals surface area contributed by atoms with Gasteiger partial charge in [-0.25, -0.2) is 9.18 Å². The summed E-state index contributed by atoms with van der Waals surface area (Å²) in [6.45, 7) is 1.95. The van der Waals surface area contributed by atoms with Crippen molar-refractivity contribution in [3.63, 3.8) is 0 Å². The third-order valence-electron chi connectivity index (χ3n) is 5.62. The molecule has 4 aromatic carbocycles. The second-order valence-corrected chi connectivity index (χ2v) is 8.77. The van der Waals surface area contributed by atoms with Gasteiger partial charge in [0.15, 0.2) is 0 Å². The van der Waals surface area contributed by atoms with E-state index in [1.807, 2.05) is 61.5 Å². The van der Waals surface area contributed by atoms with E-state index < -0.39 is 28.4 Å². The number of nitrogens with zero attached hydrogens (tertiary/aromatic N) is 1. The molecule has 7 heteroatoms. The quantitative estimate of drug-likeness (QED) is 0.338. The topological polar surface area (TPSA) is 80.7 Å². The number of hydrogen-bond donors (Lipinski definition) is 1. The first-order valence-electron chi connectivity index (χ1n) is 10.4. The molecule has 0 amide bonds. The van der Waals surface area contributed by atoms with E-state index >= 15 is 0 Å². The SMILES string of the molecule is Cc1cccc(-c2cc(N(C)c3ccccc3)c(S(=O)[O-])cc2-c2ccc(F)c(C(=O)O)c2)c1. The van der Waals surface area contributed by atoms with Crippen LogP contribution in [0.4, 0.5) is 15.8 Å². The fourth-order valence-corrected chi connectivity index (χ4v) is 4.48. The standard InChI is InChI=1S/C27H22FNO4S/c1-17-7-6-8-18(13-17)21-15-25(29(2)20-9-4-3-5-10-20)26(34(32)33)16-22(21)19-11-12-24(28)23(14-19)27(30)31/h3-16H,1-2H3,(H,30,31)(H,32,33)/p-1. The highest BCUT2D eigenvalue weighted by molar-refractivity contribution is 7.79. The molecule has 0 fully saturated rings. The van der Waals surface area contributed by atoms with Gasteiger partial charge in [-0.05, 0) is 76.7 Å². The Morgan fingerprint density at radius 3 is 2.24 bits per heavy atom. The summed E-state index contributed by atoms with van der Waals surface area (Å²) in [5.74, 6) is -2.26. The molecule has 1 atom stereocenters. The van der Waals surface area contributed by atoms with Gasteiger partial charge in [-0.3, -0.25) is 4.21 Å². The molecule has 0 saturated heterocycles. The molecule has 1 unspecified atom stereocenters. The summed E-state index contributed by atoms with van der Waals surface area (Å²) in [6.07, 6.45) is 0. The zero-order valence-corrected chi connectivity index (χ0v) is 19.3. The lowest BCUT2D eigenvalue weighted by atomic mass is 9.92. The number of halogens is 1. The number of aryl methyl sites for hydroxylation is 1. The molecule has 0 bridgehead atoms. The molecule has 0 aromatic heterocycles. The Labute approximate surface area is 199 Å². The van der Waals surface area contributed by atoms with Crippen LogP contribution in [-0.2, 0) is 11.1 Å². The van der Waals surface area contributed by atoms with Crippen molar-refractivity contribution in [2.75, 3.05) is 11.9 Å². The summed E-state index contributed by atoms with van der Waals surface area (Å²) in [5.41, 5.74) is 4.17. The summed E-state index contributed by atoms with van der Waals surface area (Å²) < 4.78 is 38.7. The molecule has 4 rings (SSSR count). The van der Waals surface area contributed by atoms with Crippen molar-refractivity contribution in [3.8, 4) is 22.3 Å². The van der Waals surface area contributed by atoms with Crippen LogP contribution in [0.3, 0.4) is 0 Å². The Hall–Kier alpha value is -3.81. The number of carbonyl (C=O) groups is 1. The van der Waals surface area contributed by atoms with E-state index in [9.17, 15) is 23.1 Å². The van der Waals surface area contributed by atoms with Crippen molar-refractivity contribution in [2.24, 2.45) is 0 Å². The van der Waals surface area contributed by atoms with Crippen molar-refractivity contribution >= 4 is 28.4 Å². The number of aromatic carboxylic acids is 1. The van der Waals surface area contributed by atoms with E-state index in [-0.39, 0.29) is 4.90 Å². The fourth-order valence-electron chi connectivity index (χ4n) is 3.90. The van der Waals surface area contributed by atoms with Gasteiger partial charge in [0.25, 0.3) is 0 Å². The first-order chi connectivity index (χ1) is 16.3. The van der Waals surface area contributed by atoms with Gasteiger partial charge in [-0.2, -0.15) is 0 Å². The molecule has 172 valence electrons. The van der Waals surface area contributed by atoms with E-state index in [1.165, 1.54) is 18.2 Å². The van der Waals surface area contributed by atoms with E-state index in [1.54, 1.807) is 18.0 Å². The zero-order chi connectivity index (χ0) is 24.4. The van der Waals surface area contributed by atoms with E-state index in [0.717, 1.165) is 22.9 Å². The lowest BCUT2D eigenvalue weighted by molar-refractivity contribution is 0.0692. The Morgan fingerprint density at radius 2 is 1.59 bits per heavy atom. The maximum Gasteiger partial charge on any atom is 0.338 e. The van der Waals surface area contributed by atoms with Crippen molar-refractivity contribution in [1.29, 1.82) is 0 Å². The van der Waals surface area contributed by atoms with Gasteiger partial charge < -0.3 is 14.6 Å². The van der Waals surface area contributed by atoms with Crippen molar-refractivity contribution in [2.45, 2.75) is 11.8 Å². The van der Waals surface area contributed by atoms with E-state index in [4.69, 9.17) is 0 Å². The van der Waals surface area contributed by atoms with Crippen molar-refractivity contribution in [1.82, 2.24) is 0 Å². The number of carboxylic acid groups (broad SMARTS) is 1. The van der Waals surface area contributed by atoms with Crippen LogP contribution in [0.5, 0.6) is 0 Å². The predicted molar refractivity (Wildman–Crippen MR) is 131 cm³/mol. The lowest BCUT2D eigenvalue weighted by Gasteiger charge is -2.26. The highest BCUT2D eigenvalue weighted by Gasteiger charge is 2.19. The molecule has 4 aromatic rings. The zero-order valence-electron chi connectivity index (χ0n) is 18.5. The number of benzene rings is 4. The Morgan fingerprint density at radius 1 is 0.912 bits per heavy atom. The van der Waals surface area contributed by atoms with Crippen LogP contribution < -0.4 is 4.90 Å². The van der Waals surface area contributed by atoms with Crippen LogP contribution >= 0.6 is 0 Å². The average molecular weight is 475 g/mol. The highest BCUT2D eigenvalue weighted by atomic mass is 32.2. The largest absolute Gasteiger partial charge is 0.768 e. The summed E-state index contributed by atoms with van der Waals surface area (Å²) >= 11 is -2.59. The summed E-state index contributed by atoms with van der Waals surface area (Å²) in [6, 6.07) is 24.1. The van der Waals surface area contributed by atoms with E-state index in [2.05, 4.69) is 0 Å². The van der Waals surface area contributed by atoms with Crippen molar-refractivity contribution in [3.05, 3.63) is 102 Å². The Kier molecular flexibility index (Phi) is 6.58. The molecule has 5 nitrogen and oxygen atoms in total. The summed E-state index contributed by atoms with van der Waals surface area (Å²) in [7, 11) is 1.78. The molecular weight excluding hydrogens is 453 g/mol. The predicted octanol–water partition coefficient (Wildman–Crippen LogP) is 6.17. The van der Waals surface area contributed by atoms with Crippen LogP contribution in [-0.4, -0.2) is 26.9 Å². The minimum absolute atomic E-state index is 0.0407. The number of para-hydroxylation sites is 1. The summed E-state index contributed by atoms with van der Waals surface area (Å²) in [5, 5.41) is 9.40. The minimum Gasteiger partial charge on any atom is -0.768 e. The number of rotatable bonds is 6. The first-order valence-corrected chi connectivity index (χ1v) is 11.5. The van der Waals surface area contributed by atoms with Crippen LogP contribution in [0.15, 0.2) is 89.8 Å². The van der Waals surface area contributed by atoms with Gasteiger partial charge in [-0.15, -0.1) is 0 Å². The lowest BCUT2D eigenvalue weighted by Crippen LogP contribution is -2.13. The Bertz CT molecular complexity index is 1410. The van der Waals surface area contributed by atoms with Gasteiger partial charge in [0.1, 0.15) is 5.82 Å². The minimum atomic E-state index is -2.59. The fraction of sp³-hybridized carbons (Fsp3) is 0.0741. The second kappa shape index (κ2) is 9.59. The van der Waals surface area contributed by atoms with Gasteiger partial charge in [0, 0.05) is 17.6 Å². The summed E-state index contributed by atoms with van der Waals surface area (Å²) in [4.78, 5) is 13.4. The van der Waals surface area contributed by atoms with Crippen LogP contribution in [0.1, 0.15) is 15.9 Å². The molecule has 0 spiro atoms. The average Bonchev–Trinajstić information content (AvgIpc) is 2.83. The molecule has 0 aliphatic heterocycles. The monoisotopic (exact) mass is 474 g/mol. The van der Waals surface area contributed by atoms with Gasteiger partial charge in [-0.1, -0.05) is 54.1 Å². The molecular formula is C27H21FNO4S-. The third-order valence-corrected chi connectivity index (χ3v) is 6.31. The van der Waals surface area contributed by atoms with Crippen LogP contribution in [0.25, 0.3) is 22.3 Å². The van der Waals surface area contributed by atoms with Crippen LogP contribution in [0, 0.1) is 12.7 Å². The molecule has 0 aliphatic carbocycles. The van der Waals surface area contributed by atoms with Gasteiger partial charge in [0.2, 0.25) is 0 Å². The third kappa shape index (κ3) is 4.62. The molecule has 0 saturated carbocycles. The molecule has 0 aliphatic rings. The highest BCUT2D eigenvalue weighted by Crippen LogP contribution is 2.41. The Balaban J connectivity index is 2.03. The molecule has 1 N–H and O–H groups in total. The molecule has 0 heterocycles. The maximum absolute atomic E-state index is 14.1. The van der Waals surface area contributed by atoms with Crippen molar-refractivity contribution < 1.29 is 23.1 Å². The number of carboxylic acids is 1. The van der Waals surface area contributed by atoms with Gasteiger partial charge in [0.05, 0.1) is 11.3 Å². The number of anilines is 2. The van der Waals surface area contributed by atoms with Gasteiger partial charge >= 0.3 is 5.97 Å². The van der Waals surface area contributed by atoms with E-state index in [0.29, 0.717) is 22.4 Å². The molecule has 34 heavy (non-hydrogen) atoms. The molecule has 0 radical (unpaired) electrons.